The molecule has 5 heteroatoms. The summed E-state index contributed by atoms with van der Waals surface area (Å²) in [5.74, 6) is 0. The fraction of sp³-hybridized carbons (Fsp3) is 0. The number of benzene rings is 1. The third-order valence-electron chi connectivity index (χ3n) is 1.78. The van der Waals surface area contributed by atoms with Crippen LogP contribution in [0.15, 0.2) is 30.5 Å². The van der Waals surface area contributed by atoms with Crippen molar-refractivity contribution < 1.29 is 0 Å². The molecule has 3 nitrogen and oxygen atoms in total. The van der Waals surface area contributed by atoms with Gasteiger partial charge in [-0.15, -0.1) is 12.4 Å². The minimum atomic E-state index is 0. The van der Waals surface area contributed by atoms with Gasteiger partial charge in [-0.2, -0.15) is 5.10 Å². The first-order valence-electron chi connectivity index (χ1n) is 3.82. The van der Waals surface area contributed by atoms with Gasteiger partial charge in [-0.25, -0.2) is 0 Å². The smallest absolute Gasteiger partial charge is 0.0880 e. The molecule has 0 spiro atoms. The van der Waals surface area contributed by atoms with E-state index in [2.05, 4.69) is 10.2 Å². The first-order chi connectivity index (χ1) is 6.27. The molecule has 0 unspecified atom stereocenters. The first kappa shape index (κ1) is 10.9. The summed E-state index contributed by atoms with van der Waals surface area (Å²) < 4.78 is 0. The second-order valence-corrected chi connectivity index (χ2v) is 3.15. The van der Waals surface area contributed by atoms with Crippen molar-refractivity contribution in [1.82, 2.24) is 10.2 Å². The topological polar surface area (TPSA) is 54.7 Å². The third-order valence-corrected chi connectivity index (χ3v) is 2.02. The molecule has 0 bridgehead atoms. The monoisotopic (exact) mass is 229 g/mol. The Morgan fingerprint density at radius 3 is 2.71 bits per heavy atom. The molecule has 0 fully saturated rings. The predicted molar refractivity (Wildman–Crippen MR) is 60.7 cm³/mol. The Kier molecular flexibility index (Phi) is 3.38. The van der Waals surface area contributed by atoms with Crippen molar-refractivity contribution in [2.75, 3.05) is 5.73 Å². The minimum Gasteiger partial charge on any atom is -0.396 e. The van der Waals surface area contributed by atoms with E-state index in [-0.39, 0.29) is 12.4 Å². The highest BCUT2D eigenvalue weighted by Gasteiger charge is 2.03. The molecular formula is C9H9Cl2N3. The predicted octanol–water partition coefficient (Wildman–Crippen LogP) is 2.73. The van der Waals surface area contributed by atoms with Crippen LogP contribution >= 0.6 is 24.0 Å². The fourth-order valence-electron chi connectivity index (χ4n) is 1.17. The van der Waals surface area contributed by atoms with Gasteiger partial charge < -0.3 is 5.73 Å². The maximum absolute atomic E-state index is 5.84. The van der Waals surface area contributed by atoms with Gasteiger partial charge in [0.2, 0.25) is 0 Å². The van der Waals surface area contributed by atoms with Crippen LogP contribution < -0.4 is 5.73 Å². The van der Waals surface area contributed by atoms with Gasteiger partial charge in [-0.3, -0.25) is 5.10 Å². The van der Waals surface area contributed by atoms with E-state index in [0.29, 0.717) is 10.7 Å². The number of aromatic nitrogens is 2. The largest absolute Gasteiger partial charge is 0.396 e. The third kappa shape index (κ3) is 2.00. The number of hydrogen-bond donors (Lipinski definition) is 2. The summed E-state index contributed by atoms with van der Waals surface area (Å²) in [6.07, 6.45) is 1.58. The quantitative estimate of drug-likeness (QED) is 0.791. The summed E-state index contributed by atoms with van der Waals surface area (Å²) in [5.41, 5.74) is 8.07. The van der Waals surface area contributed by atoms with Crippen LogP contribution in [0.1, 0.15) is 0 Å². The Bertz CT molecular complexity index is 426. The number of rotatable bonds is 1. The van der Waals surface area contributed by atoms with Crippen molar-refractivity contribution in [3.05, 3.63) is 35.5 Å². The second-order valence-electron chi connectivity index (χ2n) is 2.71. The van der Waals surface area contributed by atoms with Gasteiger partial charge in [0.25, 0.3) is 0 Å². The zero-order valence-corrected chi connectivity index (χ0v) is 8.77. The lowest BCUT2D eigenvalue weighted by Gasteiger charge is -1.98. The Balaban J connectivity index is 0.000000980. The van der Waals surface area contributed by atoms with Gasteiger partial charge in [0.1, 0.15) is 0 Å². The van der Waals surface area contributed by atoms with Gasteiger partial charge in [0.15, 0.2) is 0 Å². The van der Waals surface area contributed by atoms with E-state index in [1.165, 1.54) is 0 Å². The van der Waals surface area contributed by atoms with Gasteiger partial charge in [-0.1, -0.05) is 23.7 Å². The molecule has 0 atom stereocenters. The van der Waals surface area contributed by atoms with Crippen LogP contribution in [0.25, 0.3) is 11.3 Å². The van der Waals surface area contributed by atoms with Crippen LogP contribution in [-0.4, -0.2) is 10.2 Å². The van der Waals surface area contributed by atoms with E-state index in [9.17, 15) is 0 Å². The van der Waals surface area contributed by atoms with Crippen molar-refractivity contribution >= 4 is 29.7 Å². The first-order valence-corrected chi connectivity index (χ1v) is 4.20. The molecule has 0 radical (unpaired) electrons. The average Bonchev–Trinajstić information content (AvgIpc) is 2.51. The number of nitrogen functional groups attached to an aromatic ring is 1. The number of aromatic amines is 1. The van der Waals surface area contributed by atoms with Crippen molar-refractivity contribution in [3.8, 4) is 11.3 Å². The number of nitrogens with zero attached hydrogens (tertiary/aromatic N) is 1. The van der Waals surface area contributed by atoms with E-state index >= 15 is 0 Å². The van der Waals surface area contributed by atoms with Crippen LogP contribution in [-0.2, 0) is 0 Å². The lowest BCUT2D eigenvalue weighted by molar-refractivity contribution is 1.10. The summed E-state index contributed by atoms with van der Waals surface area (Å²) in [6.45, 7) is 0. The lowest BCUT2D eigenvalue weighted by Crippen LogP contribution is -1.86. The van der Waals surface area contributed by atoms with Gasteiger partial charge in [0, 0.05) is 10.6 Å². The zero-order chi connectivity index (χ0) is 9.26. The molecule has 0 aliphatic rings. The Morgan fingerprint density at radius 1 is 1.36 bits per heavy atom. The van der Waals surface area contributed by atoms with E-state index in [0.717, 1.165) is 11.3 Å². The highest BCUT2D eigenvalue weighted by Crippen LogP contribution is 2.24. The standard InChI is InChI=1S/C9H8ClN3.ClH/c10-7-3-1-2-6(4-7)9-8(11)5-12-13-9;/h1-5H,11H2,(H,12,13);1H. The van der Waals surface area contributed by atoms with E-state index in [1.54, 1.807) is 6.20 Å². The van der Waals surface area contributed by atoms with E-state index < -0.39 is 0 Å². The lowest BCUT2D eigenvalue weighted by atomic mass is 10.1. The number of nitrogens with two attached hydrogens (primary N) is 1. The van der Waals surface area contributed by atoms with Crippen LogP contribution in [0.4, 0.5) is 5.69 Å². The number of hydrogen-bond acceptors (Lipinski definition) is 2. The van der Waals surface area contributed by atoms with Crippen molar-refractivity contribution in [2.45, 2.75) is 0 Å². The summed E-state index contributed by atoms with van der Waals surface area (Å²) in [5, 5.41) is 7.34. The molecule has 3 N–H and O–H groups in total. The summed E-state index contributed by atoms with van der Waals surface area (Å²) >= 11 is 5.84. The molecule has 2 rings (SSSR count). The Morgan fingerprint density at radius 2 is 2.14 bits per heavy atom. The average molecular weight is 230 g/mol. The van der Waals surface area contributed by atoms with Crippen LogP contribution in [0, 0.1) is 0 Å². The number of H-pyrrole nitrogens is 1. The SMILES string of the molecule is Cl.Nc1cn[nH]c1-c1cccc(Cl)c1. The van der Waals surface area contributed by atoms with Crippen molar-refractivity contribution in [3.63, 3.8) is 0 Å². The number of halogens is 2. The number of anilines is 1. The van der Waals surface area contributed by atoms with E-state index in [1.807, 2.05) is 24.3 Å². The maximum Gasteiger partial charge on any atom is 0.0880 e. The van der Waals surface area contributed by atoms with Gasteiger partial charge in [0.05, 0.1) is 17.6 Å². The highest BCUT2D eigenvalue weighted by molar-refractivity contribution is 6.30. The molecule has 0 amide bonds. The molecule has 0 aliphatic heterocycles. The van der Waals surface area contributed by atoms with E-state index in [4.69, 9.17) is 17.3 Å². The van der Waals surface area contributed by atoms with Gasteiger partial charge in [-0.05, 0) is 12.1 Å². The minimum absolute atomic E-state index is 0. The van der Waals surface area contributed by atoms with Crippen molar-refractivity contribution in [2.24, 2.45) is 0 Å². The molecule has 0 aliphatic carbocycles. The molecular weight excluding hydrogens is 221 g/mol. The van der Waals surface area contributed by atoms with Gasteiger partial charge >= 0.3 is 0 Å². The molecule has 74 valence electrons. The molecule has 1 aromatic heterocycles. The zero-order valence-electron chi connectivity index (χ0n) is 7.20. The molecule has 0 saturated carbocycles. The molecule has 1 aromatic carbocycles. The molecule has 1 heterocycles. The summed E-state index contributed by atoms with van der Waals surface area (Å²) in [7, 11) is 0. The summed E-state index contributed by atoms with van der Waals surface area (Å²) in [6, 6.07) is 7.46. The van der Waals surface area contributed by atoms with Crippen molar-refractivity contribution in [1.29, 1.82) is 0 Å². The Hall–Kier alpha value is -1.19. The fourth-order valence-corrected chi connectivity index (χ4v) is 1.36. The second kappa shape index (κ2) is 4.35. The molecule has 0 saturated heterocycles. The maximum atomic E-state index is 5.84. The highest BCUT2D eigenvalue weighted by atomic mass is 35.5. The normalized spacial score (nSPS) is 9.50. The molecule has 2 aromatic rings. The van der Waals surface area contributed by atoms with Crippen LogP contribution in [0.3, 0.4) is 0 Å². The number of nitrogens with one attached hydrogen (secondary N) is 1. The summed E-state index contributed by atoms with van der Waals surface area (Å²) in [4.78, 5) is 0. The molecule has 14 heavy (non-hydrogen) atoms. The van der Waals surface area contributed by atoms with Crippen LogP contribution in [0.2, 0.25) is 5.02 Å². The van der Waals surface area contributed by atoms with Crippen LogP contribution in [0.5, 0.6) is 0 Å². The Labute approximate surface area is 92.7 Å².